The average Bonchev–Trinajstić information content (AvgIpc) is 2.36. The minimum atomic E-state index is 0.387. The molecule has 0 atom stereocenters. The summed E-state index contributed by atoms with van der Waals surface area (Å²) in [7, 11) is 0. The highest BCUT2D eigenvalue weighted by Crippen LogP contribution is 2.18. The highest BCUT2D eigenvalue weighted by Gasteiger charge is 2.24. The van der Waals surface area contributed by atoms with Crippen LogP contribution >= 0.6 is 0 Å². The standard InChI is InChI=1S/C13H24N2O2/c1-4-8-15(11-16)13-6-9-14(10-7-13)12(3)17-5-2/h11,13H,3-10H2,1-2H3. The van der Waals surface area contributed by atoms with Gasteiger partial charge in [-0.25, -0.2) is 0 Å². The van der Waals surface area contributed by atoms with E-state index < -0.39 is 0 Å². The minimum absolute atomic E-state index is 0.387. The summed E-state index contributed by atoms with van der Waals surface area (Å²) in [4.78, 5) is 15.1. The van der Waals surface area contributed by atoms with Crippen molar-refractivity contribution in [2.45, 2.75) is 39.2 Å². The lowest BCUT2D eigenvalue weighted by Gasteiger charge is -2.37. The monoisotopic (exact) mass is 240 g/mol. The van der Waals surface area contributed by atoms with Crippen LogP contribution in [0.4, 0.5) is 0 Å². The van der Waals surface area contributed by atoms with Crippen LogP contribution in [0.3, 0.4) is 0 Å². The predicted molar refractivity (Wildman–Crippen MR) is 68.4 cm³/mol. The fourth-order valence-electron chi connectivity index (χ4n) is 2.28. The quantitative estimate of drug-likeness (QED) is 0.503. The van der Waals surface area contributed by atoms with E-state index in [-0.39, 0.29) is 0 Å². The summed E-state index contributed by atoms with van der Waals surface area (Å²) in [5, 5.41) is 0. The van der Waals surface area contributed by atoms with E-state index in [0.717, 1.165) is 51.2 Å². The van der Waals surface area contributed by atoms with Crippen molar-refractivity contribution in [2.24, 2.45) is 0 Å². The zero-order chi connectivity index (χ0) is 12.7. The van der Waals surface area contributed by atoms with Crippen molar-refractivity contribution in [1.29, 1.82) is 0 Å². The number of hydrogen-bond acceptors (Lipinski definition) is 3. The molecule has 0 unspecified atom stereocenters. The highest BCUT2D eigenvalue weighted by molar-refractivity contribution is 5.47. The van der Waals surface area contributed by atoms with E-state index in [9.17, 15) is 4.79 Å². The van der Waals surface area contributed by atoms with Gasteiger partial charge in [0.05, 0.1) is 6.61 Å². The largest absolute Gasteiger partial charge is 0.480 e. The Kier molecular flexibility index (Phi) is 5.87. The number of likely N-dealkylation sites (tertiary alicyclic amines) is 1. The number of nitrogens with zero attached hydrogens (tertiary/aromatic N) is 2. The van der Waals surface area contributed by atoms with Gasteiger partial charge in [-0.15, -0.1) is 0 Å². The lowest BCUT2D eigenvalue weighted by Crippen LogP contribution is -2.44. The number of carbonyl (C=O) groups is 1. The van der Waals surface area contributed by atoms with Gasteiger partial charge in [0.1, 0.15) is 0 Å². The van der Waals surface area contributed by atoms with E-state index in [0.29, 0.717) is 12.6 Å². The van der Waals surface area contributed by atoms with E-state index in [2.05, 4.69) is 18.4 Å². The van der Waals surface area contributed by atoms with Gasteiger partial charge in [-0.1, -0.05) is 6.92 Å². The average molecular weight is 240 g/mol. The van der Waals surface area contributed by atoms with Crippen molar-refractivity contribution in [3.8, 4) is 0 Å². The molecule has 0 N–H and O–H groups in total. The Morgan fingerprint density at radius 2 is 2.12 bits per heavy atom. The fourth-order valence-corrected chi connectivity index (χ4v) is 2.28. The van der Waals surface area contributed by atoms with Crippen LogP contribution in [0.1, 0.15) is 33.1 Å². The second-order valence-electron chi connectivity index (χ2n) is 4.39. The van der Waals surface area contributed by atoms with Gasteiger partial charge in [0, 0.05) is 25.7 Å². The number of rotatable bonds is 7. The molecule has 1 heterocycles. The maximum Gasteiger partial charge on any atom is 0.209 e. The number of ether oxygens (including phenoxy) is 1. The number of piperidine rings is 1. The first-order valence-corrected chi connectivity index (χ1v) is 6.50. The second kappa shape index (κ2) is 7.20. The van der Waals surface area contributed by atoms with Crippen molar-refractivity contribution >= 4 is 6.41 Å². The molecule has 0 aliphatic carbocycles. The van der Waals surface area contributed by atoms with Gasteiger partial charge in [-0.3, -0.25) is 4.79 Å². The Hall–Kier alpha value is -1.19. The first-order valence-electron chi connectivity index (χ1n) is 6.50. The molecule has 0 spiro atoms. The highest BCUT2D eigenvalue weighted by atomic mass is 16.5. The SMILES string of the molecule is C=C(OCC)N1CCC(N(C=O)CCC)CC1. The first-order chi connectivity index (χ1) is 8.22. The molecular formula is C13H24N2O2. The van der Waals surface area contributed by atoms with E-state index in [1.807, 2.05) is 11.8 Å². The van der Waals surface area contributed by atoms with Gasteiger partial charge < -0.3 is 14.5 Å². The summed E-state index contributed by atoms with van der Waals surface area (Å²) in [6, 6.07) is 0.387. The van der Waals surface area contributed by atoms with Gasteiger partial charge in [-0.2, -0.15) is 0 Å². The van der Waals surface area contributed by atoms with Crippen LogP contribution in [0, 0.1) is 0 Å². The van der Waals surface area contributed by atoms with Crippen LogP contribution in [-0.2, 0) is 9.53 Å². The molecule has 1 fully saturated rings. The van der Waals surface area contributed by atoms with Gasteiger partial charge in [0.25, 0.3) is 0 Å². The van der Waals surface area contributed by atoms with Crippen molar-refractivity contribution in [3.63, 3.8) is 0 Å². The second-order valence-corrected chi connectivity index (χ2v) is 4.39. The molecule has 0 aromatic heterocycles. The topological polar surface area (TPSA) is 32.8 Å². The predicted octanol–water partition coefficient (Wildman–Crippen LogP) is 1.83. The van der Waals surface area contributed by atoms with Crippen molar-refractivity contribution in [1.82, 2.24) is 9.80 Å². The van der Waals surface area contributed by atoms with Crippen molar-refractivity contribution < 1.29 is 9.53 Å². The molecule has 0 aromatic carbocycles. The van der Waals surface area contributed by atoms with E-state index in [1.54, 1.807) is 0 Å². The van der Waals surface area contributed by atoms with Crippen LogP contribution in [0.15, 0.2) is 12.5 Å². The number of carbonyl (C=O) groups excluding carboxylic acids is 1. The van der Waals surface area contributed by atoms with Crippen LogP contribution < -0.4 is 0 Å². The maximum atomic E-state index is 11.0. The van der Waals surface area contributed by atoms with Gasteiger partial charge >= 0.3 is 0 Å². The molecule has 1 amide bonds. The lowest BCUT2D eigenvalue weighted by molar-refractivity contribution is -0.121. The molecule has 4 nitrogen and oxygen atoms in total. The molecule has 1 saturated heterocycles. The van der Waals surface area contributed by atoms with Crippen LogP contribution in [-0.4, -0.2) is 48.5 Å². The normalized spacial score (nSPS) is 16.7. The van der Waals surface area contributed by atoms with Gasteiger partial charge in [0.15, 0.2) is 5.88 Å². The smallest absolute Gasteiger partial charge is 0.209 e. The lowest BCUT2D eigenvalue weighted by atomic mass is 10.0. The van der Waals surface area contributed by atoms with Crippen molar-refractivity contribution in [3.05, 3.63) is 12.5 Å². The molecule has 0 saturated carbocycles. The van der Waals surface area contributed by atoms with E-state index in [4.69, 9.17) is 4.74 Å². The molecule has 17 heavy (non-hydrogen) atoms. The van der Waals surface area contributed by atoms with E-state index in [1.165, 1.54) is 0 Å². The van der Waals surface area contributed by atoms with Crippen LogP contribution in [0.5, 0.6) is 0 Å². The Balaban J connectivity index is 2.39. The Bertz CT molecular complexity index is 248. The maximum absolute atomic E-state index is 11.0. The first kappa shape index (κ1) is 13.9. The number of amides is 1. The molecule has 1 aliphatic heterocycles. The Labute approximate surface area is 104 Å². The third-order valence-electron chi connectivity index (χ3n) is 3.21. The molecule has 1 aliphatic rings. The van der Waals surface area contributed by atoms with Crippen LogP contribution in [0.25, 0.3) is 0 Å². The fraction of sp³-hybridized carbons (Fsp3) is 0.769. The molecular weight excluding hydrogens is 216 g/mol. The summed E-state index contributed by atoms with van der Waals surface area (Å²) < 4.78 is 5.40. The summed E-state index contributed by atoms with van der Waals surface area (Å²) in [5.41, 5.74) is 0. The summed E-state index contributed by atoms with van der Waals surface area (Å²) in [5.74, 6) is 0.763. The third-order valence-corrected chi connectivity index (χ3v) is 3.21. The molecule has 1 rings (SSSR count). The van der Waals surface area contributed by atoms with Gasteiger partial charge in [0.2, 0.25) is 6.41 Å². The molecule has 0 radical (unpaired) electrons. The summed E-state index contributed by atoms with van der Waals surface area (Å²) >= 11 is 0. The zero-order valence-corrected chi connectivity index (χ0v) is 11.0. The summed E-state index contributed by atoms with van der Waals surface area (Å²) in [6.07, 6.45) is 4.02. The third kappa shape index (κ3) is 3.95. The number of hydrogen-bond donors (Lipinski definition) is 0. The van der Waals surface area contributed by atoms with Crippen molar-refractivity contribution in [2.75, 3.05) is 26.2 Å². The van der Waals surface area contributed by atoms with Crippen LogP contribution in [0.2, 0.25) is 0 Å². The summed E-state index contributed by atoms with van der Waals surface area (Å²) in [6.45, 7) is 11.4. The van der Waals surface area contributed by atoms with Gasteiger partial charge in [-0.05, 0) is 32.8 Å². The Morgan fingerprint density at radius 3 is 2.59 bits per heavy atom. The molecule has 0 aromatic rings. The Morgan fingerprint density at radius 1 is 1.47 bits per heavy atom. The molecule has 0 bridgehead atoms. The van der Waals surface area contributed by atoms with E-state index >= 15 is 0 Å². The molecule has 98 valence electrons. The minimum Gasteiger partial charge on any atom is -0.480 e. The molecule has 4 heteroatoms. The zero-order valence-electron chi connectivity index (χ0n) is 11.0.